The van der Waals surface area contributed by atoms with Gasteiger partial charge in [0.15, 0.2) is 0 Å². The number of rotatable bonds is 4. The van der Waals surface area contributed by atoms with E-state index in [1.54, 1.807) is 6.92 Å². The summed E-state index contributed by atoms with van der Waals surface area (Å²) < 4.78 is 36.7. The van der Waals surface area contributed by atoms with Gasteiger partial charge in [0.05, 0.1) is 6.42 Å². The van der Waals surface area contributed by atoms with E-state index in [9.17, 15) is 13.2 Å². The summed E-state index contributed by atoms with van der Waals surface area (Å²) in [6, 6.07) is 0.331. The van der Waals surface area contributed by atoms with E-state index in [0.29, 0.717) is 12.1 Å². The Balaban J connectivity index is 2.35. The minimum atomic E-state index is -4.05. The Hall–Kier alpha value is -0.290. The highest BCUT2D eigenvalue weighted by Gasteiger charge is 2.35. The van der Waals surface area contributed by atoms with Crippen molar-refractivity contribution in [2.45, 2.75) is 57.9 Å². The molecule has 2 unspecified atom stereocenters. The Labute approximate surface area is 95.2 Å². The number of hydrogen-bond acceptors (Lipinski definition) is 2. The van der Waals surface area contributed by atoms with Crippen LogP contribution < -0.4 is 5.32 Å². The summed E-state index contributed by atoms with van der Waals surface area (Å²) in [7, 11) is 0. The van der Waals surface area contributed by atoms with Gasteiger partial charge in [-0.1, -0.05) is 13.8 Å². The van der Waals surface area contributed by atoms with Crippen LogP contribution in [-0.4, -0.2) is 42.3 Å². The lowest BCUT2D eigenvalue weighted by Gasteiger charge is -2.25. The van der Waals surface area contributed by atoms with Crippen molar-refractivity contribution in [2.24, 2.45) is 0 Å². The van der Waals surface area contributed by atoms with Crippen molar-refractivity contribution < 1.29 is 13.2 Å². The summed E-state index contributed by atoms with van der Waals surface area (Å²) in [5.41, 5.74) is 0. The summed E-state index contributed by atoms with van der Waals surface area (Å²) in [5, 5.41) is 3.37. The second-order valence-electron chi connectivity index (χ2n) is 4.97. The summed E-state index contributed by atoms with van der Waals surface area (Å²) in [6.07, 6.45) is -3.81. The molecule has 0 radical (unpaired) electrons. The Morgan fingerprint density at radius 1 is 1.31 bits per heavy atom. The molecule has 2 nitrogen and oxygen atoms in total. The van der Waals surface area contributed by atoms with Gasteiger partial charge in [-0.2, -0.15) is 13.2 Å². The molecule has 1 rings (SSSR count). The van der Waals surface area contributed by atoms with Crippen LogP contribution in [0.1, 0.15) is 33.6 Å². The van der Waals surface area contributed by atoms with Gasteiger partial charge in [-0.15, -0.1) is 0 Å². The highest BCUT2D eigenvalue weighted by Crippen LogP contribution is 2.25. The lowest BCUT2D eigenvalue weighted by atomic mass is 10.2. The summed E-state index contributed by atoms with van der Waals surface area (Å²) >= 11 is 0. The number of nitrogens with zero attached hydrogens (tertiary/aromatic N) is 1. The molecule has 0 saturated carbocycles. The third-order valence-corrected chi connectivity index (χ3v) is 2.94. The van der Waals surface area contributed by atoms with Crippen LogP contribution in [0.3, 0.4) is 0 Å². The Morgan fingerprint density at radius 3 is 2.44 bits per heavy atom. The molecule has 16 heavy (non-hydrogen) atoms. The van der Waals surface area contributed by atoms with Crippen LogP contribution in [0.2, 0.25) is 0 Å². The van der Waals surface area contributed by atoms with Crippen LogP contribution in [0.15, 0.2) is 0 Å². The molecule has 1 fully saturated rings. The summed E-state index contributed by atoms with van der Waals surface area (Å²) in [6.45, 7) is 7.27. The smallest absolute Gasteiger partial charge is 0.310 e. The van der Waals surface area contributed by atoms with Gasteiger partial charge < -0.3 is 5.32 Å². The zero-order valence-corrected chi connectivity index (χ0v) is 10.1. The Bertz CT molecular complexity index is 216. The molecule has 0 bridgehead atoms. The van der Waals surface area contributed by atoms with E-state index in [2.05, 4.69) is 19.2 Å². The predicted octanol–water partition coefficient (Wildman–Crippen LogP) is 2.40. The topological polar surface area (TPSA) is 15.3 Å². The first-order valence-corrected chi connectivity index (χ1v) is 5.85. The van der Waals surface area contributed by atoms with Crippen molar-refractivity contribution in [3.05, 3.63) is 0 Å². The van der Waals surface area contributed by atoms with Gasteiger partial charge >= 0.3 is 6.18 Å². The second-order valence-corrected chi connectivity index (χ2v) is 4.97. The first-order valence-electron chi connectivity index (χ1n) is 5.85. The summed E-state index contributed by atoms with van der Waals surface area (Å²) in [4.78, 5) is 1.92. The van der Waals surface area contributed by atoms with Crippen molar-refractivity contribution in [1.82, 2.24) is 10.2 Å². The number of alkyl halides is 3. The minimum absolute atomic E-state index is 0.343. The average molecular weight is 238 g/mol. The molecule has 0 aromatic heterocycles. The molecule has 0 spiro atoms. The van der Waals surface area contributed by atoms with Crippen molar-refractivity contribution in [2.75, 3.05) is 13.1 Å². The van der Waals surface area contributed by atoms with Crippen molar-refractivity contribution in [1.29, 1.82) is 0 Å². The van der Waals surface area contributed by atoms with Crippen LogP contribution in [0.25, 0.3) is 0 Å². The normalized spacial score (nSPS) is 25.3. The number of hydrogen-bond donors (Lipinski definition) is 1. The van der Waals surface area contributed by atoms with Crippen molar-refractivity contribution >= 4 is 0 Å². The second kappa shape index (κ2) is 5.36. The van der Waals surface area contributed by atoms with Crippen molar-refractivity contribution in [3.63, 3.8) is 0 Å². The molecule has 0 aromatic rings. The number of nitrogens with one attached hydrogen (secondary N) is 1. The number of halogens is 3. The fourth-order valence-electron chi connectivity index (χ4n) is 2.26. The van der Waals surface area contributed by atoms with Crippen LogP contribution in [-0.2, 0) is 0 Å². The predicted molar refractivity (Wildman–Crippen MR) is 58.4 cm³/mol. The lowest BCUT2D eigenvalue weighted by molar-refractivity contribution is -0.145. The molecule has 0 aliphatic carbocycles. The minimum Gasteiger partial charge on any atom is -0.310 e. The van der Waals surface area contributed by atoms with Crippen LogP contribution >= 0.6 is 0 Å². The van der Waals surface area contributed by atoms with Crippen molar-refractivity contribution in [3.8, 4) is 0 Å². The van der Waals surface area contributed by atoms with Gasteiger partial charge in [-0.05, 0) is 13.3 Å². The fourth-order valence-corrected chi connectivity index (χ4v) is 2.26. The van der Waals surface area contributed by atoms with Gasteiger partial charge in [0.2, 0.25) is 0 Å². The summed E-state index contributed by atoms with van der Waals surface area (Å²) in [5.74, 6) is 0. The molecule has 0 amide bonds. The molecule has 1 aliphatic heterocycles. The third-order valence-electron chi connectivity index (χ3n) is 2.94. The van der Waals surface area contributed by atoms with E-state index < -0.39 is 18.6 Å². The lowest BCUT2D eigenvalue weighted by Crippen LogP contribution is -2.40. The molecule has 5 heteroatoms. The Morgan fingerprint density at radius 2 is 1.94 bits per heavy atom. The quantitative estimate of drug-likeness (QED) is 0.809. The zero-order chi connectivity index (χ0) is 12.3. The molecular weight excluding hydrogens is 217 g/mol. The van der Waals surface area contributed by atoms with E-state index >= 15 is 0 Å². The molecule has 0 aromatic carbocycles. The molecule has 1 N–H and O–H groups in total. The molecule has 1 heterocycles. The average Bonchev–Trinajstić information content (AvgIpc) is 2.48. The van der Waals surface area contributed by atoms with E-state index in [-0.39, 0.29) is 0 Å². The fraction of sp³-hybridized carbons (Fsp3) is 1.00. The van der Waals surface area contributed by atoms with Gasteiger partial charge in [0.1, 0.15) is 0 Å². The van der Waals surface area contributed by atoms with E-state index in [1.807, 2.05) is 4.90 Å². The molecule has 1 aliphatic rings. The standard InChI is InChI=1S/C11H21F3N2/c1-8(2)15-10-4-5-16(7-10)9(3)6-11(12,13)14/h8-10,15H,4-7H2,1-3H3. The van der Waals surface area contributed by atoms with Gasteiger partial charge in [0, 0.05) is 31.2 Å². The first kappa shape index (κ1) is 13.8. The van der Waals surface area contributed by atoms with E-state index in [1.165, 1.54) is 0 Å². The monoisotopic (exact) mass is 238 g/mol. The van der Waals surface area contributed by atoms with Gasteiger partial charge in [-0.3, -0.25) is 4.90 Å². The number of likely N-dealkylation sites (tertiary alicyclic amines) is 1. The molecule has 2 atom stereocenters. The largest absolute Gasteiger partial charge is 0.390 e. The highest BCUT2D eigenvalue weighted by molar-refractivity contribution is 4.85. The molecule has 1 saturated heterocycles. The van der Waals surface area contributed by atoms with Crippen LogP contribution in [0.4, 0.5) is 13.2 Å². The highest BCUT2D eigenvalue weighted by atomic mass is 19.4. The van der Waals surface area contributed by atoms with Gasteiger partial charge in [-0.25, -0.2) is 0 Å². The first-order chi connectivity index (χ1) is 7.28. The third kappa shape index (κ3) is 4.70. The maximum absolute atomic E-state index is 12.2. The molecule has 96 valence electrons. The SMILES string of the molecule is CC(C)NC1CCN(C(C)CC(F)(F)F)C1. The zero-order valence-electron chi connectivity index (χ0n) is 10.1. The van der Waals surface area contributed by atoms with E-state index in [4.69, 9.17) is 0 Å². The molecular formula is C11H21F3N2. The van der Waals surface area contributed by atoms with E-state index in [0.717, 1.165) is 19.5 Å². The van der Waals surface area contributed by atoms with Crippen LogP contribution in [0, 0.1) is 0 Å². The maximum Gasteiger partial charge on any atom is 0.390 e. The van der Waals surface area contributed by atoms with Crippen LogP contribution in [0.5, 0.6) is 0 Å². The Kier molecular flexibility index (Phi) is 4.62. The maximum atomic E-state index is 12.2. The van der Waals surface area contributed by atoms with Gasteiger partial charge in [0.25, 0.3) is 0 Å².